The second kappa shape index (κ2) is 4.19. The van der Waals surface area contributed by atoms with Crippen LogP contribution in [0, 0.1) is 5.92 Å². The zero-order valence-electron chi connectivity index (χ0n) is 9.87. The number of hydrogen-bond acceptors (Lipinski definition) is 2. The van der Waals surface area contributed by atoms with E-state index in [1.165, 1.54) is 39.0 Å². The van der Waals surface area contributed by atoms with Gasteiger partial charge in [-0.15, -0.1) is 0 Å². The molecule has 0 aromatic carbocycles. The van der Waals surface area contributed by atoms with Crippen molar-refractivity contribution in [1.82, 2.24) is 9.80 Å². The molecule has 0 spiro atoms. The van der Waals surface area contributed by atoms with Crippen molar-refractivity contribution in [3.63, 3.8) is 0 Å². The Labute approximate surface area is 88.3 Å². The predicted molar refractivity (Wildman–Crippen MR) is 60.5 cm³/mol. The lowest BCUT2D eigenvalue weighted by molar-refractivity contribution is 0.0802. The van der Waals surface area contributed by atoms with Gasteiger partial charge in [-0.3, -0.25) is 9.80 Å². The van der Waals surface area contributed by atoms with Gasteiger partial charge in [-0.1, -0.05) is 13.8 Å². The lowest BCUT2D eigenvalue weighted by Crippen LogP contribution is -2.51. The Hall–Kier alpha value is -0.0800. The van der Waals surface area contributed by atoms with E-state index in [0.29, 0.717) is 0 Å². The Balaban J connectivity index is 1.77. The molecule has 1 heterocycles. The molecule has 2 rings (SSSR count). The third kappa shape index (κ3) is 2.29. The van der Waals surface area contributed by atoms with E-state index in [1.54, 1.807) is 0 Å². The van der Waals surface area contributed by atoms with Crippen molar-refractivity contribution in [3.05, 3.63) is 0 Å². The summed E-state index contributed by atoms with van der Waals surface area (Å²) in [7, 11) is 0. The molecule has 1 saturated carbocycles. The average molecular weight is 196 g/mol. The van der Waals surface area contributed by atoms with Crippen molar-refractivity contribution in [2.45, 2.75) is 45.7 Å². The first-order chi connectivity index (χ1) is 6.68. The number of nitrogens with zero attached hydrogens (tertiary/aromatic N) is 2. The van der Waals surface area contributed by atoms with E-state index in [0.717, 1.165) is 18.0 Å². The van der Waals surface area contributed by atoms with Crippen LogP contribution in [0.5, 0.6) is 0 Å². The van der Waals surface area contributed by atoms with E-state index in [4.69, 9.17) is 0 Å². The smallest absolute Gasteiger partial charge is 0.0113 e. The minimum absolute atomic E-state index is 0.761. The van der Waals surface area contributed by atoms with Gasteiger partial charge in [0.2, 0.25) is 0 Å². The van der Waals surface area contributed by atoms with E-state index in [9.17, 15) is 0 Å². The van der Waals surface area contributed by atoms with Crippen molar-refractivity contribution in [1.29, 1.82) is 0 Å². The minimum atomic E-state index is 0.761. The van der Waals surface area contributed by atoms with Gasteiger partial charge in [-0.25, -0.2) is 0 Å². The molecule has 14 heavy (non-hydrogen) atoms. The third-order valence-electron chi connectivity index (χ3n) is 3.95. The first kappa shape index (κ1) is 10.4. The fourth-order valence-corrected chi connectivity index (χ4v) is 2.37. The molecule has 0 radical (unpaired) electrons. The molecule has 82 valence electrons. The van der Waals surface area contributed by atoms with Crippen LogP contribution in [0.1, 0.15) is 33.6 Å². The average Bonchev–Trinajstić information content (AvgIpc) is 3.00. The highest BCUT2D eigenvalue weighted by Crippen LogP contribution is 2.28. The first-order valence-corrected chi connectivity index (χ1v) is 6.16. The van der Waals surface area contributed by atoms with Gasteiger partial charge in [0.15, 0.2) is 0 Å². The zero-order chi connectivity index (χ0) is 10.1. The maximum atomic E-state index is 2.68. The molecule has 2 heteroatoms. The summed E-state index contributed by atoms with van der Waals surface area (Å²) in [5.74, 6) is 0.794. The molecule has 0 amide bonds. The van der Waals surface area contributed by atoms with Gasteiger partial charge < -0.3 is 0 Å². The molecule has 0 bridgehead atoms. The molecule has 1 atom stereocenters. The Kier molecular flexibility index (Phi) is 3.13. The Morgan fingerprint density at radius 2 is 1.50 bits per heavy atom. The predicted octanol–water partition coefficient (Wildman–Crippen LogP) is 1.81. The van der Waals surface area contributed by atoms with Crippen molar-refractivity contribution < 1.29 is 0 Å². The summed E-state index contributed by atoms with van der Waals surface area (Å²) < 4.78 is 0. The summed E-state index contributed by atoms with van der Waals surface area (Å²) in [4.78, 5) is 5.34. The molecule has 0 unspecified atom stereocenters. The summed E-state index contributed by atoms with van der Waals surface area (Å²) in [6, 6.07) is 1.72. The Bertz CT molecular complexity index is 179. The van der Waals surface area contributed by atoms with Crippen molar-refractivity contribution >= 4 is 0 Å². The van der Waals surface area contributed by atoms with Gasteiger partial charge in [0, 0.05) is 38.3 Å². The highest BCUT2D eigenvalue weighted by atomic mass is 15.3. The largest absolute Gasteiger partial charge is 0.298 e. The van der Waals surface area contributed by atoms with Crippen LogP contribution >= 0.6 is 0 Å². The summed E-state index contributed by atoms with van der Waals surface area (Å²) in [6.45, 7) is 12.2. The molecule has 2 fully saturated rings. The second-order valence-corrected chi connectivity index (χ2v) is 5.29. The molecule has 2 aliphatic rings. The highest BCUT2D eigenvalue weighted by molar-refractivity contribution is 4.88. The van der Waals surface area contributed by atoms with E-state index in [1.807, 2.05) is 0 Å². The number of hydrogen-bond donors (Lipinski definition) is 0. The van der Waals surface area contributed by atoms with Crippen molar-refractivity contribution in [2.75, 3.05) is 26.2 Å². The summed E-state index contributed by atoms with van der Waals surface area (Å²) in [5, 5.41) is 0. The van der Waals surface area contributed by atoms with E-state index in [-0.39, 0.29) is 0 Å². The third-order valence-corrected chi connectivity index (χ3v) is 3.95. The Morgan fingerprint density at radius 1 is 0.929 bits per heavy atom. The van der Waals surface area contributed by atoms with Crippen LogP contribution < -0.4 is 0 Å². The zero-order valence-corrected chi connectivity index (χ0v) is 9.87. The SMILES string of the molecule is CC(C)[C@@H](C)N1CCN(C2CC2)CC1. The van der Waals surface area contributed by atoms with Crippen LogP contribution in [0.2, 0.25) is 0 Å². The van der Waals surface area contributed by atoms with Crippen LogP contribution in [0.25, 0.3) is 0 Å². The van der Waals surface area contributed by atoms with Gasteiger partial charge >= 0.3 is 0 Å². The van der Waals surface area contributed by atoms with Crippen LogP contribution in [-0.2, 0) is 0 Å². The summed E-state index contributed by atoms with van der Waals surface area (Å²) >= 11 is 0. The topological polar surface area (TPSA) is 6.48 Å². The van der Waals surface area contributed by atoms with Gasteiger partial charge in [-0.05, 0) is 25.7 Å². The summed E-state index contributed by atoms with van der Waals surface area (Å²) in [5.41, 5.74) is 0. The van der Waals surface area contributed by atoms with E-state index >= 15 is 0 Å². The second-order valence-electron chi connectivity index (χ2n) is 5.29. The number of piperazine rings is 1. The van der Waals surface area contributed by atoms with Crippen molar-refractivity contribution in [3.8, 4) is 0 Å². The monoisotopic (exact) mass is 196 g/mol. The molecule has 1 aliphatic heterocycles. The van der Waals surface area contributed by atoms with Gasteiger partial charge in [0.1, 0.15) is 0 Å². The van der Waals surface area contributed by atoms with Gasteiger partial charge in [0.05, 0.1) is 0 Å². The van der Waals surface area contributed by atoms with Gasteiger partial charge in [-0.2, -0.15) is 0 Å². The van der Waals surface area contributed by atoms with Crippen molar-refractivity contribution in [2.24, 2.45) is 5.92 Å². The maximum absolute atomic E-state index is 2.68. The lowest BCUT2D eigenvalue weighted by atomic mass is 10.0. The fourth-order valence-electron chi connectivity index (χ4n) is 2.37. The molecule has 0 aromatic heterocycles. The molecule has 1 aliphatic carbocycles. The summed E-state index contributed by atoms with van der Waals surface area (Å²) in [6.07, 6.45) is 2.92. The van der Waals surface area contributed by atoms with E-state index < -0.39 is 0 Å². The molecular weight excluding hydrogens is 172 g/mol. The maximum Gasteiger partial charge on any atom is 0.0113 e. The Morgan fingerprint density at radius 3 is 1.93 bits per heavy atom. The normalized spacial score (nSPS) is 28.3. The fraction of sp³-hybridized carbons (Fsp3) is 1.00. The quantitative estimate of drug-likeness (QED) is 0.679. The minimum Gasteiger partial charge on any atom is -0.298 e. The standard InChI is InChI=1S/C12H24N2/c1-10(2)11(3)13-6-8-14(9-7-13)12-4-5-12/h10-12H,4-9H2,1-3H3/t11-/m1/s1. The van der Waals surface area contributed by atoms with Gasteiger partial charge in [0.25, 0.3) is 0 Å². The molecule has 0 aromatic rings. The number of rotatable bonds is 3. The van der Waals surface area contributed by atoms with Crippen LogP contribution in [0.4, 0.5) is 0 Å². The molecule has 2 nitrogen and oxygen atoms in total. The van der Waals surface area contributed by atoms with E-state index in [2.05, 4.69) is 30.6 Å². The van der Waals surface area contributed by atoms with Crippen LogP contribution in [0.15, 0.2) is 0 Å². The molecular formula is C12H24N2. The van der Waals surface area contributed by atoms with Crippen LogP contribution in [0.3, 0.4) is 0 Å². The first-order valence-electron chi connectivity index (χ1n) is 6.16. The molecule has 1 saturated heterocycles. The highest BCUT2D eigenvalue weighted by Gasteiger charge is 2.32. The van der Waals surface area contributed by atoms with Crippen LogP contribution in [-0.4, -0.2) is 48.1 Å². The lowest BCUT2D eigenvalue weighted by Gasteiger charge is -2.39. The molecule has 0 N–H and O–H groups in total.